The van der Waals surface area contributed by atoms with Crippen LogP contribution in [0, 0.1) is 0 Å². The van der Waals surface area contributed by atoms with E-state index in [9.17, 15) is 9.59 Å². The van der Waals surface area contributed by atoms with E-state index in [4.69, 9.17) is 14.6 Å². The fourth-order valence-electron chi connectivity index (χ4n) is 3.50. The van der Waals surface area contributed by atoms with Crippen molar-refractivity contribution in [1.82, 2.24) is 10.6 Å². The van der Waals surface area contributed by atoms with E-state index in [1.807, 2.05) is 32.0 Å². The summed E-state index contributed by atoms with van der Waals surface area (Å²) in [5, 5.41) is 14.3. The van der Waals surface area contributed by atoms with Crippen molar-refractivity contribution in [2.24, 2.45) is 0 Å². The zero-order chi connectivity index (χ0) is 26.6. The fraction of sp³-hybridized carbons (Fsp3) is 0.267. The lowest BCUT2D eigenvalue weighted by molar-refractivity contribution is -0.117. The Hall–Kier alpha value is -4.10. The molecule has 2 amide bonds. The second-order valence-electron chi connectivity index (χ2n) is 8.87. The third-order valence-electron chi connectivity index (χ3n) is 5.44. The van der Waals surface area contributed by atoms with E-state index in [1.54, 1.807) is 54.6 Å². The lowest BCUT2D eigenvalue weighted by Crippen LogP contribution is -2.36. The van der Waals surface area contributed by atoms with Gasteiger partial charge in [-0.2, -0.15) is 0 Å². The second kappa shape index (κ2) is 13.8. The number of aliphatic hydroxyl groups excluding tert-OH is 1. The molecule has 3 N–H and O–H groups in total. The molecule has 7 nitrogen and oxygen atoms in total. The zero-order valence-electron chi connectivity index (χ0n) is 21.4. The van der Waals surface area contributed by atoms with Gasteiger partial charge in [-0.15, -0.1) is 0 Å². The smallest absolute Gasteiger partial charge is 0.267 e. The Bertz CT molecular complexity index is 1170. The van der Waals surface area contributed by atoms with Gasteiger partial charge in [0.05, 0.1) is 19.3 Å². The number of aliphatic hydroxyl groups is 1. The lowest BCUT2D eigenvalue weighted by atomic mass is 10.0. The molecule has 0 spiro atoms. The first-order valence-corrected chi connectivity index (χ1v) is 12.3. The molecule has 194 valence electrons. The summed E-state index contributed by atoms with van der Waals surface area (Å²) in [5.41, 5.74) is 2.35. The Kier molecular flexibility index (Phi) is 10.3. The predicted octanol–water partition coefficient (Wildman–Crippen LogP) is 4.54. The van der Waals surface area contributed by atoms with E-state index in [1.165, 1.54) is 5.56 Å². The highest BCUT2D eigenvalue weighted by atomic mass is 16.5. The molecule has 37 heavy (non-hydrogen) atoms. The Morgan fingerprint density at radius 2 is 1.54 bits per heavy atom. The Morgan fingerprint density at radius 3 is 2.16 bits per heavy atom. The molecule has 0 aromatic heterocycles. The fourth-order valence-corrected chi connectivity index (χ4v) is 3.50. The molecule has 0 bridgehead atoms. The number of hydrogen-bond donors (Lipinski definition) is 3. The molecule has 0 saturated heterocycles. The van der Waals surface area contributed by atoms with Gasteiger partial charge in [-0.05, 0) is 67.4 Å². The van der Waals surface area contributed by atoms with Crippen LogP contribution in [-0.2, 0) is 4.79 Å². The summed E-state index contributed by atoms with van der Waals surface area (Å²) in [6.07, 6.45) is 1.62. The Labute approximate surface area is 218 Å². The third kappa shape index (κ3) is 8.81. The molecule has 7 heteroatoms. The second-order valence-corrected chi connectivity index (χ2v) is 8.87. The first-order valence-electron chi connectivity index (χ1n) is 12.3. The maximum absolute atomic E-state index is 12.9. The molecule has 3 aromatic carbocycles. The highest BCUT2D eigenvalue weighted by molar-refractivity contribution is 6.05. The molecule has 3 rings (SSSR count). The maximum atomic E-state index is 12.9. The van der Waals surface area contributed by atoms with Crippen molar-refractivity contribution in [3.8, 4) is 11.5 Å². The SMILES string of the molecule is CC(C)Oc1ccc(/C=C(/NC(=O)c2ccc(OCC(C)c3ccccc3)cc2)C(=O)NCCO)cc1. The number of carbonyl (C=O) groups excluding carboxylic acids is 2. The van der Waals surface area contributed by atoms with Gasteiger partial charge in [0, 0.05) is 18.0 Å². The lowest BCUT2D eigenvalue weighted by Gasteiger charge is -2.14. The monoisotopic (exact) mass is 502 g/mol. The first kappa shape index (κ1) is 27.5. The van der Waals surface area contributed by atoms with Gasteiger partial charge >= 0.3 is 0 Å². The number of carbonyl (C=O) groups is 2. The van der Waals surface area contributed by atoms with Crippen molar-refractivity contribution in [2.45, 2.75) is 32.8 Å². The van der Waals surface area contributed by atoms with Crippen LogP contribution in [0.25, 0.3) is 6.08 Å². The number of benzene rings is 3. The molecule has 0 heterocycles. The summed E-state index contributed by atoms with van der Waals surface area (Å²) in [5.74, 6) is 0.650. The summed E-state index contributed by atoms with van der Waals surface area (Å²) in [6.45, 7) is 6.35. The van der Waals surface area contributed by atoms with E-state index in [2.05, 4.69) is 29.7 Å². The number of amides is 2. The van der Waals surface area contributed by atoms with Crippen molar-refractivity contribution in [1.29, 1.82) is 0 Å². The number of ether oxygens (including phenoxy) is 2. The van der Waals surface area contributed by atoms with Gasteiger partial charge in [0.25, 0.3) is 11.8 Å². The van der Waals surface area contributed by atoms with Crippen LogP contribution in [-0.4, -0.2) is 42.8 Å². The highest BCUT2D eigenvalue weighted by Crippen LogP contribution is 2.19. The largest absolute Gasteiger partial charge is 0.493 e. The molecule has 0 saturated carbocycles. The van der Waals surface area contributed by atoms with E-state index >= 15 is 0 Å². The Morgan fingerprint density at radius 1 is 0.892 bits per heavy atom. The van der Waals surface area contributed by atoms with E-state index in [-0.39, 0.29) is 30.9 Å². The van der Waals surface area contributed by atoms with Gasteiger partial charge in [-0.3, -0.25) is 9.59 Å². The van der Waals surface area contributed by atoms with E-state index in [0.29, 0.717) is 29.2 Å². The number of nitrogens with one attached hydrogen (secondary N) is 2. The molecule has 0 radical (unpaired) electrons. The normalized spacial score (nSPS) is 12.1. The van der Waals surface area contributed by atoms with Crippen LogP contribution in [0.3, 0.4) is 0 Å². The molecular weight excluding hydrogens is 468 g/mol. The van der Waals surface area contributed by atoms with E-state index < -0.39 is 11.8 Å². The molecule has 0 aliphatic rings. The maximum Gasteiger partial charge on any atom is 0.267 e. The quantitative estimate of drug-likeness (QED) is 0.316. The highest BCUT2D eigenvalue weighted by Gasteiger charge is 2.15. The minimum atomic E-state index is -0.500. The third-order valence-corrected chi connectivity index (χ3v) is 5.44. The molecule has 3 aromatic rings. The topological polar surface area (TPSA) is 96.9 Å². The van der Waals surface area contributed by atoms with Gasteiger partial charge < -0.3 is 25.2 Å². The van der Waals surface area contributed by atoms with Crippen LogP contribution >= 0.6 is 0 Å². The van der Waals surface area contributed by atoms with Gasteiger partial charge in [0.1, 0.15) is 17.2 Å². The molecule has 1 unspecified atom stereocenters. The van der Waals surface area contributed by atoms with Crippen molar-refractivity contribution >= 4 is 17.9 Å². The van der Waals surface area contributed by atoms with Crippen molar-refractivity contribution in [2.75, 3.05) is 19.8 Å². The predicted molar refractivity (Wildman–Crippen MR) is 145 cm³/mol. The van der Waals surface area contributed by atoms with Crippen LogP contribution in [0.5, 0.6) is 11.5 Å². The van der Waals surface area contributed by atoms with Gasteiger partial charge in [-0.25, -0.2) is 0 Å². The standard InChI is InChI=1S/C30H34N2O5/c1-21(2)37-27-13-9-23(10-14-27)19-28(30(35)31-17-18-33)32-29(34)25-11-15-26(16-12-25)36-20-22(3)24-7-5-4-6-8-24/h4-16,19,21-22,33H,17-18,20H2,1-3H3,(H,31,35)(H,32,34)/b28-19+. The molecular formula is C30H34N2O5. The Balaban J connectivity index is 1.67. The molecule has 0 aliphatic heterocycles. The van der Waals surface area contributed by atoms with E-state index in [0.717, 1.165) is 0 Å². The summed E-state index contributed by atoms with van der Waals surface area (Å²) < 4.78 is 11.5. The van der Waals surface area contributed by atoms with Crippen LogP contribution in [0.4, 0.5) is 0 Å². The average Bonchev–Trinajstić information content (AvgIpc) is 2.91. The summed E-state index contributed by atoms with van der Waals surface area (Å²) >= 11 is 0. The van der Waals surface area contributed by atoms with Gasteiger partial charge in [0.15, 0.2) is 0 Å². The van der Waals surface area contributed by atoms with Crippen molar-refractivity contribution in [3.63, 3.8) is 0 Å². The van der Waals surface area contributed by atoms with Gasteiger partial charge in [-0.1, -0.05) is 49.4 Å². The van der Waals surface area contributed by atoms with Crippen molar-refractivity contribution < 1.29 is 24.2 Å². The summed E-state index contributed by atoms with van der Waals surface area (Å²) in [7, 11) is 0. The minimum absolute atomic E-state index is 0.0459. The average molecular weight is 503 g/mol. The van der Waals surface area contributed by atoms with Crippen LogP contribution in [0.2, 0.25) is 0 Å². The number of hydrogen-bond acceptors (Lipinski definition) is 5. The molecule has 0 aliphatic carbocycles. The first-order chi connectivity index (χ1) is 17.9. The van der Waals surface area contributed by atoms with Crippen molar-refractivity contribution in [3.05, 3.63) is 101 Å². The summed E-state index contributed by atoms with van der Waals surface area (Å²) in [6, 6.07) is 24.1. The zero-order valence-corrected chi connectivity index (χ0v) is 21.4. The van der Waals surface area contributed by atoms with Crippen LogP contribution in [0.1, 0.15) is 48.2 Å². The number of rotatable bonds is 12. The molecule has 0 fully saturated rings. The van der Waals surface area contributed by atoms with Gasteiger partial charge in [0.2, 0.25) is 0 Å². The minimum Gasteiger partial charge on any atom is -0.493 e. The molecule has 1 atom stereocenters. The van der Waals surface area contributed by atoms with Crippen LogP contribution in [0.15, 0.2) is 84.6 Å². The summed E-state index contributed by atoms with van der Waals surface area (Å²) in [4.78, 5) is 25.6. The van der Waals surface area contributed by atoms with Crippen LogP contribution < -0.4 is 20.1 Å².